The molecule has 1 saturated carbocycles. The van der Waals surface area contributed by atoms with Crippen molar-refractivity contribution in [2.45, 2.75) is 65.8 Å². The van der Waals surface area contributed by atoms with Crippen LogP contribution in [0, 0.1) is 16.7 Å². The minimum absolute atomic E-state index is 0.254. The number of hydrogen-bond acceptors (Lipinski definition) is 4. The Balaban J connectivity index is 2.35. The third-order valence-electron chi connectivity index (χ3n) is 4.53. The lowest BCUT2D eigenvalue weighted by Gasteiger charge is -2.28. The smallest absolute Gasteiger partial charge is 0.167 e. The predicted octanol–water partition coefficient (Wildman–Crippen LogP) is 3.46. The van der Waals surface area contributed by atoms with Crippen molar-refractivity contribution in [1.82, 2.24) is 10.2 Å². The van der Waals surface area contributed by atoms with Crippen LogP contribution >= 0.6 is 0 Å². The Labute approximate surface area is 121 Å². The zero-order chi connectivity index (χ0) is 14.8. The van der Waals surface area contributed by atoms with Gasteiger partial charge in [-0.1, -0.05) is 34.1 Å². The molecule has 0 bridgehead atoms. The molecule has 1 aliphatic carbocycles. The lowest BCUT2D eigenvalue weighted by molar-refractivity contribution is 0.349. The van der Waals surface area contributed by atoms with Gasteiger partial charge in [0, 0.05) is 6.04 Å². The van der Waals surface area contributed by atoms with Gasteiger partial charge in [0.2, 0.25) is 0 Å². The second-order valence-electron chi connectivity index (χ2n) is 6.25. The molecule has 0 aromatic carbocycles. The lowest BCUT2D eigenvalue weighted by atomic mass is 9.87. The first-order valence-corrected chi connectivity index (χ1v) is 7.58. The third-order valence-corrected chi connectivity index (χ3v) is 4.53. The van der Waals surface area contributed by atoms with E-state index in [1.165, 1.54) is 12.8 Å². The highest BCUT2D eigenvalue weighted by atomic mass is 15.2. The number of hydrogen-bond donors (Lipinski definition) is 1. The minimum atomic E-state index is 0.254. The molecule has 1 atom stereocenters. The average Bonchev–Trinajstić information content (AvgIpc) is 2.77. The molecule has 2 rings (SSSR count). The zero-order valence-corrected chi connectivity index (χ0v) is 13.0. The average molecular weight is 272 g/mol. The summed E-state index contributed by atoms with van der Waals surface area (Å²) >= 11 is 0. The van der Waals surface area contributed by atoms with E-state index in [0.717, 1.165) is 30.5 Å². The predicted molar refractivity (Wildman–Crippen MR) is 80.5 cm³/mol. The van der Waals surface area contributed by atoms with Crippen LogP contribution in [0.15, 0.2) is 0 Å². The van der Waals surface area contributed by atoms with Crippen LogP contribution < -0.4 is 5.32 Å². The number of nitrogens with zero attached hydrogens (tertiary/aromatic N) is 3. The van der Waals surface area contributed by atoms with E-state index in [2.05, 4.69) is 49.3 Å². The second-order valence-corrected chi connectivity index (χ2v) is 6.25. The molecule has 1 aromatic rings. The van der Waals surface area contributed by atoms with Crippen molar-refractivity contribution in [2.24, 2.45) is 5.41 Å². The molecule has 1 heterocycles. The molecule has 1 fully saturated rings. The first-order valence-electron chi connectivity index (χ1n) is 7.58. The Morgan fingerprint density at radius 3 is 2.55 bits per heavy atom. The molecule has 20 heavy (non-hydrogen) atoms. The van der Waals surface area contributed by atoms with Gasteiger partial charge in [-0.3, -0.25) is 0 Å². The number of nitriles is 1. The molecular weight excluding hydrogens is 248 g/mol. The molecule has 1 unspecified atom stereocenters. The highest BCUT2D eigenvalue weighted by Crippen LogP contribution is 2.39. The number of nitrogens with one attached hydrogen (secondary N) is 1. The van der Waals surface area contributed by atoms with Crippen molar-refractivity contribution in [3.63, 3.8) is 0 Å². The quantitative estimate of drug-likeness (QED) is 0.911. The molecular formula is C16H24N4. The summed E-state index contributed by atoms with van der Waals surface area (Å²) < 4.78 is 0. The van der Waals surface area contributed by atoms with Crippen LogP contribution in [-0.4, -0.2) is 16.2 Å². The summed E-state index contributed by atoms with van der Waals surface area (Å²) in [6, 6.07) is 2.70. The van der Waals surface area contributed by atoms with Gasteiger partial charge in [0.15, 0.2) is 5.82 Å². The van der Waals surface area contributed by atoms with Crippen LogP contribution in [-0.2, 0) is 12.8 Å². The Morgan fingerprint density at radius 2 is 2.05 bits per heavy atom. The van der Waals surface area contributed by atoms with E-state index in [9.17, 15) is 5.26 Å². The van der Waals surface area contributed by atoms with E-state index in [4.69, 9.17) is 0 Å². The van der Waals surface area contributed by atoms with Gasteiger partial charge in [-0.25, -0.2) is 0 Å². The maximum atomic E-state index is 9.50. The van der Waals surface area contributed by atoms with Gasteiger partial charge in [-0.2, -0.15) is 10.4 Å². The van der Waals surface area contributed by atoms with Crippen molar-refractivity contribution in [3.05, 3.63) is 16.8 Å². The summed E-state index contributed by atoms with van der Waals surface area (Å²) in [5.74, 6) is 0.668. The Bertz CT molecular complexity index is 528. The highest BCUT2D eigenvalue weighted by Gasteiger charge is 2.35. The summed E-state index contributed by atoms with van der Waals surface area (Å²) in [6.07, 6.45) is 5.22. The van der Waals surface area contributed by atoms with Gasteiger partial charge in [0.05, 0.1) is 5.69 Å². The molecule has 1 N–H and O–H groups in total. The van der Waals surface area contributed by atoms with Gasteiger partial charge in [0.1, 0.15) is 11.6 Å². The standard InChI is InChI=1S/C16H24N4/c1-5-11-12(10-17)15(20-19-13(11)6-2)18-14-8-7-9-16(14,3)4/h14H,5-9H2,1-4H3,(H,18,20). The number of aromatic nitrogens is 2. The monoisotopic (exact) mass is 272 g/mol. The van der Waals surface area contributed by atoms with Gasteiger partial charge in [-0.15, -0.1) is 5.10 Å². The van der Waals surface area contributed by atoms with Gasteiger partial charge in [-0.05, 0) is 36.7 Å². The summed E-state index contributed by atoms with van der Waals surface area (Å²) in [7, 11) is 0. The van der Waals surface area contributed by atoms with Crippen molar-refractivity contribution >= 4 is 5.82 Å². The maximum absolute atomic E-state index is 9.50. The van der Waals surface area contributed by atoms with Gasteiger partial charge in [0.25, 0.3) is 0 Å². The van der Waals surface area contributed by atoms with Crippen LogP contribution in [0.4, 0.5) is 5.82 Å². The van der Waals surface area contributed by atoms with E-state index in [1.807, 2.05) is 0 Å². The fraction of sp³-hybridized carbons (Fsp3) is 0.688. The largest absolute Gasteiger partial charge is 0.364 e. The van der Waals surface area contributed by atoms with Crippen molar-refractivity contribution in [1.29, 1.82) is 5.26 Å². The Kier molecular flexibility index (Phi) is 4.27. The summed E-state index contributed by atoms with van der Waals surface area (Å²) in [4.78, 5) is 0. The summed E-state index contributed by atoms with van der Waals surface area (Å²) in [5, 5.41) is 21.6. The van der Waals surface area contributed by atoms with Crippen molar-refractivity contribution in [3.8, 4) is 6.07 Å². The third kappa shape index (κ3) is 2.63. The van der Waals surface area contributed by atoms with Crippen LogP contribution in [0.3, 0.4) is 0 Å². The zero-order valence-electron chi connectivity index (χ0n) is 13.0. The van der Waals surface area contributed by atoms with E-state index < -0.39 is 0 Å². The molecule has 0 amide bonds. The Hall–Kier alpha value is -1.63. The van der Waals surface area contributed by atoms with Gasteiger partial charge < -0.3 is 5.32 Å². The maximum Gasteiger partial charge on any atom is 0.167 e. The minimum Gasteiger partial charge on any atom is -0.364 e. The number of rotatable bonds is 4. The van der Waals surface area contributed by atoms with Crippen LogP contribution in [0.5, 0.6) is 0 Å². The summed E-state index contributed by atoms with van der Waals surface area (Å²) in [6.45, 7) is 8.67. The molecule has 0 aliphatic heterocycles. The topological polar surface area (TPSA) is 61.6 Å². The van der Waals surface area contributed by atoms with Crippen molar-refractivity contribution < 1.29 is 0 Å². The first-order chi connectivity index (χ1) is 9.53. The summed E-state index contributed by atoms with van der Waals surface area (Å²) in [5.41, 5.74) is 2.93. The molecule has 0 saturated heterocycles. The van der Waals surface area contributed by atoms with E-state index >= 15 is 0 Å². The second kappa shape index (κ2) is 5.78. The normalized spacial score (nSPS) is 20.6. The fourth-order valence-corrected chi connectivity index (χ4v) is 3.15. The number of aryl methyl sites for hydroxylation is 1. The molecule has 1 aromatic heterocycles. The van der Waals surface area contributed by atoms with E-state index in [-0.39, 0.29) is 5.41 Å². The molecule has 0 radical (unpaired) electrons. The highest BCUT2D eigenvalue weighted by molar-refractivity contribution is 5.57. The van der Waals surface area contributed by atoms with E-state index in [0.29, 0.717) is 17.4 Å². The Morgan fingerprint density at radius 1 is 1.30 bits per heavy atom. The van der Waals surface area contributed by atoms with Crippen LogP contribution in [0.2, 0.25) is 0 Å². The van der Waals surface area contributed by atoms with Crippen LogP contribution in [0.1, 0.15) is 63.8 Å². The van der Waals surface area contributed by atoms with Gasteiger partial charge >= 0.3 is 0 Å². The molecule has 4 heteroatoms. The molecule has 108 valence electrons. The van der Waals surface area contributed by atoms with E-state index in [1.54, 1.807) is 0 Å². The molecule has 4 nitrogen and oxygen atoms in total. The van der Waals surface area contributed by atoms with Crippen LogP contribution in [0.25, 0.3) is 0 Å². The molecule has 1 aliphatic rings. The molecule has 0 spiro atoms. The SMILES string of the molecule is CCc1nnc(NC2CCCC2(C)C)c(C#N)c1CC. The fourth-order valence-electron chi connectivity index (χ4n) is 3.15. The number of anilines is 1. The lowest BCUT2D eigenvalue weighted by Crippen LogP contribution is -2.32. The first kappa shape index (κ1) is 14.8. The van der Waals surface area contributed by atoms with Crippen molar-refractivity contribution in [2.75, 3.05) is 5.32 Å².